The smallest absolute Gasteiger partial charge is 0.323 e. The topological polar surface area (TPSA) is 38.8 Å². The fourth-order valence-electron chi connectivity index (χ4n) is 2.18. The van der Waals surface area contributed by atoms with Crippen LogP contribution >= 0.6 is 0 Å². The van der Waals surface area contributed by atoms with Gasteiger partial charge in [-0.05, 0) is 30.5 Å². The maximum atomic E-state index is 11.4. The lowest BCUT2D eigenvalue weighted by Gasteiger charge is -2.38. The van der Waals surface area contributed by atoms with Gasteiger partial charge in [0.25, 0.3) is 0 Å². The number of nitrogens with zero attached hydrogens (tertiary/aromatic N) is 1. The maximum absolute atomic E-state index is 11.4. The maximum Gasteiger partial charge on any atom is 0.323 e. The summed E-state index contributed by atoms with van der Waals surface area (Å²) in [5.41, 5.74) is 1.26. The molecule has 1 fully saturated rings. The van der Waals surface area contributed by atoms with E-state index in [9.17, 15) is 4.79 Å². The molecule has 0 radical (unpaired) electrons. The van der Waals surface area contributed by atoms with Crippen molar-refractivity contribution in [3.63, 3.8) is 0 Å². The molecule has 0 spiro atoms. The summed E-state index contributed by atoms with van der Waals surface area (Å²) in [6.45, 7) is 1.88. The highest BCUT2D eigenvalue weighted by Gasteiger charge is 2.34. The van der Waals surface area contributed by atoms with Crippen LogP contribution in [-0.4, -0.2) is 44.2 Å². The predicted octanol–water partition coefficient (Wildman–Crippen LogP) is 1.48. The van der Waals surface area contributed by atoms with Crippen molar-refractivity contribution in [2.45, 2.75) is 18.9 Å². The van der Waals surface area contributed by atoms with E-state index >= 15 is 0 Å². The summed E-state index contributed by atoms with van der Waals surface area (Å²) in [7, 11) is 3.11. The normalized spacial score (nSPS) is 19.1. The highest BCUT2D eigenvalue weighted by molar-refractivity contribution is 5.76. The van der Waals surface area contributed by atoms with Crippen molar-refractivity contribution < 1.29 is 14.3 Å². The minimum Gasteiger partial charge on any atom is -0.497 e. The third-order valence-electron chi connectivity index (χ3n) is 3.45. The third-order valence-corrected chi connectivity index (χ3v) is 3.45. The quantitative estimate of drug-likeness (QED) is 0.741. The number of benzene rings is 1. The molecule has 0 aliphatic carbocycles. The molecule has 2 rings (SSSR count). The van der Waals surface area contributed by atoms with Gasteiger partial charge in [-0.2, -0.15) is 0 Å². The SMILES string of the molecule is COC(=O)C1CCN1CCc1ccc(OC)cc1. The number of rotatable bonds is 5. The van der Waals surface area contributed by atoms with Gasteiger partial charge in [-0.15, -0.1) is 0 Å². The molecule has 1 unspecified atom stereocenters. The second kappa shape index (κ2) is 5.87. The fraction of sp³-hybridized carbons (Fsp3) is 0.500. The monoisotopic (exact) mass is 249 g/mol. The van der Waals surface area contributed by atoms with Crippen LogP contribution in [0.3, 0.4) is 0 Å². The number of hydrogen-bond donors (Lipinski definition) is 0. The molecule has 1 aliphatic heterocycles. The van der Waals surface area contributed by atoms with Crippen molar-refractivity contribution in [3.8, 4) is 5.75 Å². The van der Waals surface area contributed by atoms with Crippen molar-refractivity contribution in [3.05, 3.63) is 29.8 Å². The van der Waals surface area contributed by atoms with Gasteiger partial charge in [0.05, 0.1) is 14.2 Å². The first-order chi connectivity index (χ1) is 8.74. The molecule has 4 nitrogen and oxygen atoms in total. The Balaban J connectivity index is 1.82. The van der Waals surface area contributed by atoms with E-state index in [1.807, 2.05) is 12.1 Å². The van der Waals surface area contributed by atoms with Gasteiger partial charge in [0.2, 0.25) is 0 Å². The van der Waals surface area contributed by atoms with Gasteiger partial charge in [-0.3, -0.25) is 9.69 Å². The summed E-state index contributed by atoms with van der Waals surface area (Å²) in [6, 6.07) is 8.01. The first-order valence-corrected chi connectivity index (χ1v) is 6.19. The van der Waals surface area contributed by atoms with Crippen LogP contribution in [0.15, 0.2) is 24.3 Å². The van der Waals surface area contributed by atoms with Crippen molar-refractivity contribution in [1.82, 2.24) is 4.90 Å². The summed E-state index contributed by atoms with van der Waals surface area (Å²) in [4.78, 5) is 13.6. The number of likely N-dealkylation sites (tertiary alicyclic amines) is 1. The average Bonchev–Trinajstić information content (AvgIpc) is 2.38. The van der Waals surface area contributed by atoms with E-state index in [0.717, 1.165) is 31.7 Å². The van der Waals surface area contributed by atoms with Gasteiger partial charge >= 0.3 is 5.97 Å². The van der Waals surface area contributed by atoms with Crippen molar-refractivity contribution in [1.29, 1.82) is 0 Å². The Bertz CT molecular complexity index is 402. The Morgan fingerprint density at radius 2 is 2.06 bits per heavy atom. The van der Waals surface area contributed by atoms with Crippen LogP contribution in [0.2, 0.25) is 0 Å². The summed E-state index contributed by atoms with van der Waals surface area (Å²) in [6.07, 6.45) is 1.85. The van der Waals surface area contributed by atoms with Crippen molar-refractivity contribution in [2.75, 3.05) is 27.3 Å². The number of ether oxygens (including phenoxy) is 2. The zero-order chi connectivity index (χ0) is 13.0. The molecular formula is C14H19NO3. The molecule has 18 heavy (non-hydrogen) atoms. The number of carbonyl (C=O) groups is 1. The van der Waals surface area contributed by atoms with E-state index in [4.69, 9.17) is 9.47 Å². The molecule has 1 aromatic rings. The molecule has 1 saturated heterocycles. The predicted molar refractivity (Wildman–Crippen MR) is 68.7 cm³/mol. The highest BCUT2D eigenvalue weighted by Crippen LogP contribution is 2.19. The van der Waals surface area contributed by atoms with Crippen LogP contribution in [0.1, 0.15) is 12.0 Å². The Morgan fingerprint density at radius 3 is 2.56 bits per heavy atom. The van der Waals surface area contributed by atoms with Gasteiger partial charge < -0.3 is 9.47 Å². The Labute approximate surface area is 107 Å². The van der Waals surface area contributed by atoms with Crippen LogP contribution in [0.25, 0.3) is 0 Å². The number of methoxy groups -OCH3 is 2. The summed E-state index contributed by atoms with van der Waals surface area (Å²) >= 11 is 0. The molecule has 4 heteroatoms. The molecule has 0 bridgehead atoms. The molecule has 1 atom stereocenters. The highest BCUT2D eigenvalue weighted by atomic mass is 16.5. The lowest BCUT2D eigenvalue weighted by Crippen LogP contribution is -2.53. The van der Waals surface area contributed by atoms with Gasteiger partial charge in [0.1, 0.15) is 11.8 Å². The largest absolute Gasteiger partial charge is 0.497 e. The van der Waals surface area contributed by atoms with E-state index in [0.29, 0.717) is 0 Å². The van der Waals surface area contributed by atoms with Crippen LogP contribution in [0, 0.1) is 0 Å². The van der Waals surface area contributed by atoms with E-state index in [-0.39, 0.29) is 12.0 Å². The van der Waals surface area contributed by atoms with E-state index in [1.54, 1.807) is 7.11 Å². The van der Waals surface area contributed by atoms with E-state index < -0.39 is 0 Å². The van der Waals surface area contributed by atoms with Crippen molar-refractivity contribution in [2.24, 2.45) is 0 Å². The van der Waals surface area contributed by atoms with Gasteiger partial charge in [-0.25, -0.2) is 0 Å². The third kappa shape index (κ3) is 2.82. The lowest BCUT2D eigenvalue weighted by molar-refractivity contribution is -0.151. The first kappa shape index (κ1) is 12.9. The Kier molecular flexibility index (Phi) is 4.20. The standard InChI is InChI=1S/C14H19NO3/c1-17-12-5-3-11(4-6-12)7-9-15-10-8-13(15)14(16)18-2/h3-6,13H,7-10H2,1-2H3. The zero-order valence-electron chi connectivity index (χ0n) is 10.9. The number of carbonyl (C=O) groups excluding carboxylic acids is 1. The molecule has 98 valence electrons. The zero-order valence-corrected chi connectivity index (χ0v) is 10.9. The van der Waals surface area contributed by atoms with Crippen LogP contribution in [-0.2, 0) is 16.0 Å². The average molecular weight is 249 g/mol. The van der Waals surface area contributed by atoms with Crippen LogP contribution in [0.4, 0.5) is 0 Å². The number of hydrogen-bond acceptors (Lipinski definition) is 4. The molecular weight excluding hydrogens is 230 g/mol. The number of esters is 1. The summed E-state index contributed by atoms with van der Waals surface area (Å²) in [5, 5.41) is 0. The van der Waals surface area contributed by atoms with E-state index in [1.165, 1.54) is 12.7 Å². The van der Waals surface area contributed by atoms with Crippen LogP contribution < -0.4 is 4.74 Å². The lowest BCUT2D eigenvalue weighted by atomic mass is 10.0. The molecule has 0 saturated carbocycles. The molecule has 0 N–H and O–H groups in total. The molecule has 1 heterocycles. The second-order valence-electron chi connectivity index (χ2n) is 4.46. The minimum absolute atomic E-state index is 0.0340. The summed E-state index contributed by atoms with van der Waals surface area (Å²) in [5.74, 6) is 0.756. The van der Waals surface area contributed by atoms with Crippen LogP contribution in [0.5, 0.6) is 5.75 Å². The first-order valence-electron chi connectivity index (χ1n) is 6.19. The second-order valence-corrected chi connectivity index (χ2v) is 4.46. The van der Waals surface area contributed by atoms with Crippen molar-refractivity contribution >= 4 is 5.97 Å². The fourth-order valence-corrected chi connectivity index (χ4v) is 2.18. The molecule has 0 aromatic heterocycles. The molecule has 1 aliphatic rings. The van der Waals surface area contributed by atoms with Gasteiger partial charge in [-0.1, -0.05) is 12.1 Å². The molecule has 0 amide bonds. The van der Waals surface area contributed by atoms with Gasteiger partial charge in [0.15, 0.2) is 0 Å². The Hall–Kier alpha value is -1.55. The van der Waals surface area contributed by atoms with E-state index in [2.05, 4.69) is 17.0 Å². The Morgan fingerprint density at radius 1 is 1.33 bits per heavy atom. The summed E-state index contributed by atoms with van der Waals surface area (Å²) < 4.78 is 9.89. The molecule has 1 aromatic carbocycles. The minimum atomic E-state index is -0.115. The van der Waals surface area contributed by atoms with Gasteiger partial charge in [0, 0.05) is 13.1 Å².